The van der Waals surface area contributed by atoms with E-state index in [2.05, 4.69) is 21.9 Å². The minimum Gasteiger partial charge on any atom is -0.219 e. The highest BCUT2D eigenvalue weighted by molar-refractivity contribution is 7.80. The zero-order chi connectivity index (χ0) is 17.7. The van der Waals surface area contributed by atoms with Gasteiger partial charge in [0.15, 0.2) is 0 Å². The molecule has 0 aromatic rings. The summed E-state index contributed by atoms with van der Waals surface area (Å²) in [5.74, 6) is 0. The molecular formula is C19H40O4S. The highest BCUT2D eigenvalue weighted by Gasteiger charge is 2.03. The van der Waals surface area contributed by atoms with Gasteiger partial charge in [0.25, 0.3) is 0 Å². The van der Waals surface area contributed by atoms with Gasteiger partial charge in [-0.25, -0.2) is 10.1 Å². The van der Waals surface area contributed by atoms with E-state index in [1.165, 1.54) is 89.9 Å². The van der Waals surface area contributed by atoms with E-state index < -0.39 is 0 Å². The summed E-state index contributed by atoms with van der Waals surface area (Å²) < 4.78 is 0. The quantitative estimate of drug-likeness (QED) is 0.107. The second-order valence-electron chi connectivity index (χ2n) is 6.79. The van der Waals surface area contributed by atoms with Gasteiger partial charge < -0.3 is 0 Å². The van der Waals surface area contributed by atoms with Gasteiger partial charge in [-0.15, -0.1) is 0 Å². The molecule has 0 aliphatic rings. The van der Waals surface area contributed by atoms with Gasteiger partial charge in [-0.05, 0) is 29.3 Å². The molecule has 0 aromatic heterocycles. The molecule has 0 heterocycles. The molecular weight excluding hydrogens is 324 g/mol. The average molecular weight is 365 g/mol. The van der Waals surface area contributed by atoms with Crippen molar-refractivity contribution >= 4 is 12.6 Å². The summed E-state index contributed by atoms with van der Waals surface area (Å²) in [4.78, 5) is 4.54. The third kappa shape index (κ3) is 20.2. The molecule has 0 aliphatic carbocycles. The van der Waals surface area contributed by atoms with Crippen LogP contribution in [-0.2, 0) is 15.0 Å². The molecule has 0 fully saturated rings. The molecule has 1 atom stereocenters. The molecule has 0 saturated carbocycles. The Morgan fingerprint density at radius 2 is 1.17 bits per heavy atom. The highest BCUT2D eigenvalue weighted by Crippen LogP contribution is 2.18. The lowest BCUT2D eigenvalue weighted by atomic mass is 10.0. The minimum absolute atomic E-state index is 0.453. The van der Waals surface area contributed by atoms with Crippen LogP contribution in [0.1, 0.15) is 110 Å². The zero-order valence-corrected chi connectivity index (χ0v) is 16.6. The summed E-state index contributed by atoms with van der Waals surface area (Å²) in [6, 6.07) is 0. The molecule has 0 aromatic carbocycles. The van der Waals surface area contributed by atoms with Crippen molar-refractivity contribution < 1.29 is 20.2 Å². The van der Waals surface area contributed by atoms with Crippen molar-refractivity contribution in [2.75, 3.05) is 6.61 Å². The van der Waals surface area contributed by atoms with Gasteiger partial charge in [-0.3, -0.25) is 0 Å². The first-order valence-electron chi connectivity index (χ1n) is 10.1. The maximum Gasteiger partial charge on any atom is 0.0854 e. The number of rotatable bonds is 20. The normalized spacial score (nSPS) is 12.6. The number of hydrogen-bond acceptors (Lipinski definition) is 5. The third-order valence-corrected chi connectivity index (χ3v) is 5.00. The van der Waals surface area contributed by atoms with Crippen LogP contribution in [0.5, 0.6) is 0 Å². The number of hydrogen-bond donors (Lipinski definition) is 2. The van der Waals surface area contributed by atoms with E-state index in [-0.39, 0.29) is 0 Å². The fourth-order valence-electron chi connectivity index (χ4n) is 2.96. The molecule has 0 amide bonds. The molecule has 0 bridgehead atoms. The molecule has 0 saturated heterocycles. The van der Waals surface area contributed by atoms with E-state index in [9.17, 15) is 0 Å². The number of unbranched alkanes of at least 4 members (excludes halogenated alkanes) is 12. The highest BCUT2D eigenvalue weighted by atomic mass is 32.1. The topological polar surface area (TPSA) is 47.9 Å². The van der Waals surface area contributed by atoms with Gasteiger partial charge in [0.1, 0.15) is 0 Å². The Bertz CT molecular complexity index is 207. The molecule has 0 aliphatic heterocycles. The first-order valence-corrected chi connectivity index (χ1v) is 10.6. The first kappa shape index (κ1) is 24.2. The molecule has 0 radical (unpaired) electrons. The maximum absolute atomic E-state index is 7.88. The monoisotopic (exact) mass is 364 g/mol. The SMILES string of the molecule is CCCCCCCCCCCC(S)CCCCCCCOOOO. The van der Waals surface area contributed by atoms with Crippen molar-refractivity contribution in [3.8, 4) is 0 Å². The van der Waals surface area contributed by atoms with Crippen molar-refractivity contribution in [1.29, 1.82) is 0 Å². The largest absolute Gasteiger partial charge is 0.219 e. The lowest BCUT2D eigenvalue weighted by Gasteiger charge is -2.10. The van der Waals surface area contributed by atoms with E-state index >= 15 is 0 Å². The van der Waals surface area contributed by atoms with Crippen molar-refractivity contribution in [1.82, 2.24) is 0 Å². The van der Waals surface area contributed by atoms with Crippen molar-refractivity contribution in [3.63, 3.8) is 0 Å². The maximum atomic E-state index is 7.88. The van der Waals surface area contributed by atoms with Gasteiger partial charge in [-0.1, -0.05) is 90.4 Å². The summed E-state index contributed by atoms with van der Waals surface area (Å²) in [7, 11) is 0. The van der Waals surface area contributed by atoms with E-state index in [1.807, 2.05) is 0 Å². The first-order chi connectivity index (χ1) is 11.8. The van der Waals surface area contributed by atoms with Crippen LogP contribution >= 0.6 is 12.6 Å². The Balaban J connectivity index is 3.12. The molecule has 0 rings (SSSR count). The predicted octanol–water partition coefficient (Wildman–Crippen LogP) is 6.90. The van der Waals surface area contributed by atoms with Gasteiger partial charge >= 0.3 is 0 Å². The number of thiol groups is 1. The smallest absolute Gasteiger partial charge is 0.0854 e. The third-order valence-electron chi connectivity index (χ3n) is 4.48. The van der Waals surface area contributed by atoms with E-state index in [0.717, 1.165) is 12.8 Å². The molecule has 1 N–H and O–H groups in total. The summed E-state index contributed by atoms with van der Waals surface area (Å²) in [5.41, 5.74) is 0. The Hall–Kier alpha value is 0.190. The van der Waals surface area contributed by atoms with E-state index in [0.29, 0.717) is 11.9 Å². The Kier molecular flexibility index (Phi) is 21.4. The molecule has 5 heteroatoms. The standard InChI is InChI=1S/C19H40O4S/c1-2-3-4-5-6-7-8-10-13-16-19(24)17-14-11-9-12-15-18-21-23-22-20/h19-20,24H,2-18H2,1H3. The summed E-state index contributed by atoms with van der Waals surface area (Å²) in [6.07, 6.45) is 20.8. The second-order valence-corrected chi connectivity index (χ2v) is 7.52. The van der Waals surface area contributed by atoms with Crippen molar-refractivity contribution in [2.45, 2.75) is 115 Å². The predicted molar refractivity (Wildman–Crippen MR) is 103 cm³/mol. The minimum atomic E-state index is 0.453. The van der Waals surface area contributed by atoms with E-state index in [1.54, 1.807) is 0 Å². The van der Waals surface area contributed by atoms with Crippen LogP contribution < -0.4 is 0 Å². The summed E-state index contributed by atoms with van der Waals surface area (Å²) >= 11 is 4.72. The van der Waals surface area contributed by atoms with Crippen LogP contribution in [0.15, 0.2) is 0 Å². The summed E-state index contributed by atoms with van der Waals surface area (Å²) in [6.45, 7) is 2.73. The van der Waals surface area contributed by atoms with Crippen LogP contribution in [0.3, 0.4) is 0 Å². The lowest BCUT2D eigenvalue weighted by molar-refractivity contribution is -0.623. The Morgan fingerprint density at radius 3 is 1.67 bits per heavy atom. The fraction of sp³-hybridized carbons (Fsp3) is 1.00. The molecule has 24 heavy (non-hydrogen) atoms. The van der Waals surface area contributed by atoms with Gasteiger partial charge in [0.05, 0.1) is 6.61 Å². The molecule has 1 unspecified atom stereocenters. The summed E-state index contributed by atoms with van der Waals surface area (Å²) in [5, 5.41) is 15.7. The van der Waals surface area contributed by atoms with E-state index in [4.69, 9.17) is 17.9 Å². The molecule has 146 valence electrons. The lowest BCUT2D eigenvalue weighted by Crippen LogP contribution is -1.99. The average Bonchev–Trinajstić information content (AvgIpc) is 2.59. The van der Waals surface area contributed by atoms with Crippen molar-refractivity contribution in [2.24, 2.45) is 0 Å². The van der Waals surface area contributed by atoms with Gasteiger partial charge in [0.2, 0.25) is 0 Å². The second kappa shape index (κ2) is 21.2. The molecule has 0 spiro atoms. The van der Waals surface area contributed by atoms with Crippen molar-refractivity contribution in [3.05, 3.63) is 0 Å². The van der Waals surface area contributed by atoms with Crippen LogP contribution in [0.4, 0.5) is 0 Å². The Labute approximate surface area is 154 Å². The van der Waals surface area contributed by atoms with Crippen LogP contribution in [0.2, 0.25) is 0 Å². The molecule has 4 nitrogen and oxygen atoms in total. The fourth-order valence-corrected chi connectivity index (χ4v) is 3.33. The Morgan fingerprint density at radius 1 is 0.708 bits per heavy atom. The van der Waals surface area contributed by atoms with Crippen LogP contribution in [-0.4, -0.2) is 17.1 Å². The van der Waals surface area contributed by atoms with Gasteiger partial charge in [-0.2, -0.15) is 12.6 Å². The zero-order valence-electron chi connectivity index (χ0n) is 15.7. The van der Waals surface area contributed by atoms with Gasteiger partial charge in [0, 0.05) is 5.25 Å². The van der Waals surface area contributed by atoms with Crippen LogP contribution in [0.25, 0.3) is 0 Å². The van der Waals surface area contributed by atoms with Crippen LogP contribution in [0, 0.1) is 0 Å².